The van der Waals surface area contributed by atoms with E-state index in [1.54, 1.807) is 0 Å². The molecule has 0 saturated heterocycles. The van der Waals surface area contributed by atoms with Crippen LogP contribution in [0.25, 0.3) is 0 Å². The van der Waals surface area contributed by atoms with Gasteiger partial charge < -0.3 is 10.5 Å². The van der Waals surface area contributed by atoms with E-state index < -0.39 is 0 Å². The zero-order chi connectivity index (χ0) is 14.4. The molecule has 0 aromatic heterocycles. The van der Waals surface area contributed by atoms with Crippen molar-refractivity contribution in [2.45, 2.75) is 25.8 Å². The maximum Gasteiger partial charge on any atom is 0.119 e. The van der Waals surface area contributed by atoms with Gasteiger partial charge in [-0.05, 0) is 41.8 Å². The lowest BCUT2D eigenvalue weighted by molar-refractivity contribution is 0.309. The molecule has 0 heterocycles. The maximum absolute atomic E-state index is 6.26. The lowest BCUT2D eigenvalue weighted by Gasteiger charge is -2.14. The van der Waals surface area contributed by atoms with Crippen LogP contribution in [0.15, 0.2) is 48.5 Å². The average Bonchev–Trinajstić information content (AvgIpc) is 2.47. The first-order chi connectivity index (χ1) is 9.70. The maximum atomic E-state index is 6.26. The SMILES string of the molecule is CCCCOc1ccc(C(N)c2cccc(Cl)c2)cc1. The summed E-state index contributed by atoms with van der Waals surface area (Å²) in [4.78, 5) is 0. The first-order valence-electron chi connectivity index (χ1n) is 6.94. The number of unbranched alkanes of at least 4 members (excludes halogenated alkanes) is 1. The number of nitrogens with two attached hydrogens (primary N) is 1. The summed E-state index contributed by atoms with van der Waals surface area (Å²) in [5, 5.41) is 0.706. The Labute approximate surface area is 125 Å². The molecule has 0 amide bonds. The van der Waals surface area contributed by atoms with Crippen LogP contribution in [0.3, 0.4) is 0 Å². The van der Waals surface area contributed by atoms with Gasteiger partial charge in [-0.2, -0.15) is 0 Å². The Bertz CT molecular complexity index is 539. The van der Waals surface area contributed by atoms with Crippen molar-refractivity contribution in [3.8, 4) is 5.75 Å². The highest BCUT2D eigenvalue weighted by molar-refractivity contribution is 6.30. The number of hydrogen-bond donors (Lipinski definition) is 1. The molecule has 0 aliphatic carbocycles. The van der Waals surface area contributed by atoms with E-state index >= 15 is 0 Å². The molecule has 2 N–H and O–H groups in total. The van der Waals surface area contributed by atoms with Gasteiger partial charge in [-0.15, -0.1) is 0 Å². The van der Waals surface area contributed by atoms with Crippen molar-refractivity contribution in [2.24, 2.45) is 5.73 Å². The highest BCUT2D eigenvalue weighted by atomic mass is 35.5. The first kappa shape index (κ1) is 14.9. The molecule has 106 valence electrons. The van der Waals surface area contributed by atoms with E-state index in [1.807, 2.05) is 48.5 Å². The Morgan fingerprint density at radius 3 is 2.50 bits per heavy atom. The third kappa shape index (κ3) is 3.99. The van der Waals surface area contributed by atoms with Gasteiger partial charge in [0.05, 0.1) is 12.6 Å². The normalized spacial score (nSPS) is 12.2. The third-order valence-corrected chi connectivity index (χ3v) is 3.45. The summed E-state index contributed by atoms with van der Waals surface area (Å²) < 4.78 is 5.64. The van der Waals surface area contributed by atoms with E-state index in [-0.39, 0.29) is 6.04 Å². The minimum absolute atomic E-state index is 0.168. The molecule has 0 aliphatic rings. The second kappa shape index (κ2) is 7.32. The average molecular weight is 290 g/mol. The fraction of sp³-hybridized carbons (Fsp3) is 0.294. The molecule has 0 fully saturated rings. The van der Waals surface area contributed by atoms with Crippen molar-refractivity contribution >= 4 is 11.6 Å². The van der Waals surface area contributed by atoms with Gasteiger partial charge in [0.15, 0.2) is 0 Å². The Morgan fingerprint density at radius 2 is 1.85 bits per heavy atom. The van der Waals surface area contributed by atoms with Gasteiger partial charge in [0.2, 0.25) is 0 Å². The summed E-state index contributed by atoms with van der Waals surface area (Å²) in [5.41, 5.74) is 8.32. The third-order valence-electron chi connectivity index (χ3n) is 3.21. The van der Waals surface area contributed by atoms with Crippen LogP contribution >= 0.6 is 11.6 Å². The van der Waals surface area contributed by atoms with Crippen molar-refractivity contribution in [2.75, 3.05) is 6.61 Å². The fourth-order valence-electron chi connectivity index (χ4n) is 2.00. The van der Waals surface area contributed by atoms with Crippen molar-refractivity contribution in [3.05, 3.63) is 64.7 Å². The summed E-state index contributed by atoms with van der Waals surface area (Å²) in [6, 6.07) is 15.4. The molecule has 2 nitrogen and oxygen atoms in total. The van der Waals surface area contributed by atoms with E-state index in [9.17, 15) is 0 Å². The molecule has 2 rings (SSSR count). The summed E-state index contributed by atoms with van der Waals surface area (Å²) in [6.45, 7) is 2.91. The quantitative estimate of drug-likeness (QED) is 0.791. The lowest BCUT2D eigenvalue weighted by atomic mass is 10.00. The van der Waals surface area contributed by atoms with Gasteiger partial charge in [-0.25, -0.2) is 0 Å². The van der Waals surface area contributed by atoms with E-state index in [1.165, 1.54) is 0 Å². The minimum Gasteiger partial charge on any atom is -0.494 e. The number of rotatable bonds is 6. The molecule has 20 heavy (non-hydrogen) atoms. The molecule has 0 saturated carbocycles. The molecular weight excluding hydrogens is 270 g/mol. The van der Waals surface area contributed by atoms with Crippen molar-refractivity contribution in [3.63, 3.8) is 0 Å². The summed E-state index contributed by atoms with van der Waals surface area (Å²) in [6.07, 6.45) is 2.21. The lowest BCUT2D eigenvalue weighted by Crippen LogP contribution is -2.11. The number of halogens is 1. The summed E-state index contributed by atoms with van der Waals surface area (Å²) in [5.74, 6) is 0.889. The van der Waals surface area contributed by atoms with Crippen LogP contribution < -0.4 is 10.5 Å². The number of ether oxygens (including phenoxy) is 1. The van der Waals surface area contributed by atoms with Crippen LogP contribution in [0.2, 0.25) is 5.02 Å². The van der Waals surface area contributed by atoms with Gasteiger partial charge in [-0.1, -0.05) is 49.2 Å². The second-order valence-electron chi connectivity index (χ2n) is 4.80. The highest BCUT2D eigenvalue weighted by Crippen LogP contribution is 2.24. The van der Waals surface area contributed by atoms with Gasteiger partial charge in [0, 0.05) is 5.02 Å². The van der Waals surface area contributed by atoms with Crippen LogP contribution in [0.1, 0.15) is 36.9 Å². The predicted molar refractivity (Wildman–Crippen MR) is 84.3 cm³/mol. The molecule has 0 aliphatic heterocycles. The summed E-state index contributed by atoms with van der Waals surface area (Å²) >= 11 is 6.00. The molecule has 1 atom stereocenters. The standard InChI is InChI=1S/C17H20ClNO/c1-2-3-11-20-16-9-7-13(8-10-16)17(19)14-5-4-6-15(18)12-14/h4-10,12,17H,2-3,11,19H2,1H3. The second-order valence-corrected chi connectivity index (χ2v) is 5.24. The fourth-order valence-corrected chi connectivity index (χ4v) is 2.20. The Hall–Kier alpha value is -1.51. The molecule has 0 radical (unpaired) electrons. The highest BCUT2D eigenvalue weighted by Gasteiger charge is 2.09. The molecule has 2 aromatic carbocycles. The van der Waals surface area contributed by atoms with Gasteiger partial charge >= 0.3 is 0 Å². The molecule has 0 bridgehead atoms. The largest absolute Gasteiger partial charge is 0.494 e. The van der Waals surface area contributed by atoms with Crippen LogP contribution in [0.5, 0.6) is 5.75 Å². The summed E-state index contributed by atoms with van der Waals surface area (Å²) in [7, 11) is 0. The van der Waals surface area contributed by atoms with Crippen LogP contribution in [-0.2, 0) is 0 Å². The molecular formula is C17H20ClNO. The van der Waals surface area contributed by atoms with E-state index in [0.717, 1.165) is 36.3 Å². The topological polar surface area (TPSA) is 35.2 Å². The molecule has 3 heteroatoms. The van der Waals surface area contributed by atoms with Crippen LogP contribution in [0, 0.1) is 0 Å². The molecule has 0 spiro atoms. The Kier molecular flexibility index (Phi) is 5.45. The van der Waals surface area contributed by atoms with Gasteiger partial charge in [0.25, 0.3) is 0 Å². The van der Waals surface area contributed by atoms with Crippen LogP contribution in [0.4, 0.5) is 0 Å². The van der Waals surface area contributed by atoms with Crippen LogP contribution in [-0.4, -0.2) is 6.61 Å². The first-order valence-corrected chi connectivity index (χ1v) is 7.32. The Balaban J connectivity index is 2.05. The zero-order valence-corrected chi connectivity index (χ0v) is 12.4. The molecule has 1 unspecified atom stereocenters. The van der Waals surface area contributed by atoms with Crippen molar-refractivity contribution < 1.29 is 4.74 Å². The zero-order valence-electron chi connectivity index (χ0n) is 11.7. The number of benzene rings is 2. The Morgan fingerprint density at radius 1 is 1.10 bits per heavy atom. The van der Waals surface area contributed by atoms with E-state index in [4.69, 9.17) is 22.1 Å². The molecule has 2 aromatic rings. The predicted octanol–water partition coefficient (Wildman–Crippen LogP) is 4.57. The van der Waals surface area contributed by atoms with E-state index in [0.29, 0.717) is 5.02 Å². The van der Waals surface area contributed by atoms with Gasteiger partial charge in [-0.3, -0.25) is 0 Å². The minimum atomic E-state index is -0.168. The van der Waals surface area contributed by atoms with Crippen molar-refractivity contribution in [1.29, 1.82) is 0 Å². The smallest absolute Gasteiger partial charge is 0.119 e. The van der Waals surface area contributed by atoms with E-state index in [2.05, 4.69) is 6.92 Å². The number of hydrogen-bond acceptors (Lipinski definition) is 2. The monoisotopic (exact) mass is 289 g/mol. The van der Waals surface area contributed by atoms with Crippen molar-refractivity contribution in [1.82, 2.24) is 0 Å². The van der Waals surface area contributed by atoms with Gasteiger partial charge in [0.1, 0.15) is 5.75 Å².